The molecule has 88 valence electrons. The Hall–Kier alpha value is -2.30. The van der Waals surface area contributed by atoms with Gasteiger partial charge in [-0.05, 0) is 18.6 Å². The molecule has 0 aliphatic rings. The zero-order valence-corrected chi connectivity index (χ0v) is 9.65. The summed E-state index contributed by atoms with van der Waals surface area (Å²) in [5.74, 6) is 0. The highest BCUT2D eigenvalue weighted by Crippen LogP contribution is 2.22. The lowest BCUT2D eigenvalue weighted by Gasteiger charge is -2.19. The molecule has 5 nitrogen and oxygen atoms in total. The van der Waals surface area contributed by atoms with Crippen molar-refractivity contribution < 1.29 is 0 Å². The van der Waals surface area contributed by atoms with Gasteiger partial charge in [-0.15, -0.1) is 0 Å². The Bertz CT molecular complexity index is 642. The van der Waals surface area contributed by atoms with E-state index in [1.54, 1.807) is 11.9 Å². The van der Waals surface area contributed by atoms with Crippen LogP contribution in [0.5, 0.6) is 0 Å². The van der Waals surface area contributed by atoms with E-state index in [-0.39, 0.29) is 0 Å². The highest BCUT2D eigenvalue weighted by atomic mass is 16.2. The molecular formula is C12H13N3O2. The van der Waals surface area contributed by atoms with Gasteiger partial charge in [0.25, 0.3) is 5.56 Å². The van der Waals surface area contributed by atoms with Crippen molar-refractivity contribution in [3.8, 4) is 0 Å². The topological polar surface area (TPSA) is 69.0 Å². The Kier molecular flexibility index (Phi) is 2.82. The number of para-hydroxylation sites is 1. The standard InChI is InChI=1S/C12H13N3O2/c1-8-5-3-4-6-9(8)15(2)10-7-13-12(17)14-11(10)16/h3-7H,1-2H3,(H2,13,14,16,17). The van der Waals surface area contributed by atoms with Gasteiger partial charge in [-0.3, -0.25) is 9.78 Å². The van der Waals surface area contributed by atoms with Gasteiger partial charge in [0, 0.05) is 18.9 Å². The number of anilines is 2. The molecule has 0 saturated carbocycles. The van der Waals surface area contributed by atoms with Crippen LogP contribution in [0.2, 0.25) is 0 Å². The van der Waals surface area contributed by atoms with E-state index in [1.165, 1.54) is 6.20 Å². The summed E-state index contributed by atoms with van der Waals surface area (Å²) in [5, 5.41) is 0. The molecule has 0 unspecified atom stereocenters. The Morgan fingerprint density at radius 1 is 1.12 bits per heavy atom. The molecule has 0 aliphatic carbocycles. The number of rotatable bonds is 2. The van der Waals surface area contributed by atoms with Crippen LogP contribution in [-0.2, 0) is 0 Å². The molecule has 0 saturated heterocycles. The maximum atomic E-state index is 11.6. The first-order valence-corrected chi connectivity index (χ1v) is 5.21. The molecule has 0 bridgehead atoms. The van der Waals surface area contributed by atoms with Crippen LogP contribution in [0.3, 0.4) is 0 Å². The van der Waals surface area contributed by atoms with Crippen molar-refractivity contribution in [1.82, 2.24) is 9.97 Å². The number of aromatic nitrogens is 2. The van der Waals surface area contributed by atoms with E-state index in [1.807, 2.05) is 31.2 Å². The molecule has 0 amide bonds. The van der Waals surface area contributed by atoms with Crippen LogP contribution in [0.25, 0.3) is 0 Å². The zero-order valence-electron chi connectivity index (χ0n) is 9.65. The summed E-state index contributed by atoms with van der Waals surface area (Å²) in [6.07, 6.45) is 1.41. The van der Waals surface area contributed by atoms with Crippen LogP contribution >= 0.6 is 0 Å². The quantitative estimate of drug-likeness (QED) is 0.814. The van der Waals surface area contributed by atoms with E-state index in [9.17, 15) is 9.59 Å². The number of aromatic amines is 2. The molecule has 2 rings (SSSR count). The van der Waals surface area contributed by atoms with E-state index < -0.39 is 11.2 Å². The summed E-state index contributed by atoms with van der Waals surface area (Å²) in [4.78, 5) is 29.0. The largest absolute Gasteiger partial charge is 0.339 e. The van der Waals surface area contributed by atoms with Crippen LogP contribution in [0.15, 0.2) is 40.1 Å². The Labute approximate surface area is 97.7 Å². The van der Waals surface area contributed by atoms with Crippen LogP contribution in [0.1, 0.15) is 5.56 Å². The lowest BCUT2D eigenvalue weighted by atomic mass is 10.2. The van der Waals surface area contributed by atoms with Crippen molar-refractivity contribution in [3.63, 3.8) is 0 Å². The minimum absolute atomic E-state index is 0.402. The number of hydrogen-bond acceptors (Lipinski definition) is 3. The molecule has 0 spiro atoms. The number of nitrogens with one attached hydrogen (secondary N) is 2. The minimum atomic E-state index is -0.503. The highest BCUT2D eigenvalue weighted by molar-refractivity contribution is 5.63. The van der Waals surface area contributed by atoms with Gasteiger partial charge < -0.3 is 9.88 Å². The summed E-state index contributed by atoms with van der Waals surface area (Å²) in [6.45, 7) is 1.96. The van der Waals surface area contributed by atoms with Gasteiger partial charge in [0.15, 0.2) is 0 Å². The Balaban J connectivity index is 2.51. The predicted octanol–water partition coefficient (Wildman–Crippen LogP) is 1.14. The van der Waals surface area contributed by atoms with E-state index >= 15 is 0 Å². The summed E-state index contributed by atoms with van der Waals surface area (Å²) in [5.41, 5.74) is 1.47. The maximum Gasteiger partial charge on any atom is 0.325 e. The van der Waals surface area contributed by atoms with Gasteiger partial charge in [-0.25, -0.2) is 4.79 Å². The fourth-order valence-corrected chi connectivity index (χ4v) is 1.72. The van der Waals surface area contributed by atoms with Gasteiger partial charge in [0.2, 0.25) is 0 Å². The molecule has 1 aromatic heterocycles. The molecule has 17 heavy (non-hydrogen) atoms. The van der Waals surface area contributed by atoms with Crippen LogP contribution in [0.4, 0.5) is 11.4 Å². The fraction of sp³-hybridized carbons (Fsp3) is 0.167. The molecule has 2 aromatic rings. The zero-order chi connectivity index (χ0) is 12.4. The van der Waals surface area contributed by atoms with Crippen LogP contribution in [-0.4, -0.2) is 17.0 Å². The smallest absolute Gasteiger partial charge is 0.325 e. The average molecular weight is 231 g/mol. The molecule has 0 atom stereocenters. The first kappa shape index (κ1) is 11.2. The first-order valence-electron chi connectivity index (χ1n) is 5.21. The van der Waals surface area contributed by atoms with E-state index in [0.29, 0.717) is 5.69 Å². The lowest BCUT2D eigenvalue weighted by Crippen LogP contribution is -2.27. The average Bonchev–Trinajstić information content (AvgIpc) is 2.29. The minimum Gasteiger partial charge on any atom is -0.339 e. The predicted molar refractivity (Wildman–Crippen MR) is 66.9 cm³/mol. The normalized spacial score (nSPS) is 10.2. The summed E-state index contributed by atoms with van der Waals surface area (Å²) < 4.78 is 0. The Morgan fingerprint density at radius 2 is 1.82 bits per heavy atom. The highest BCUT2D eigenvalue weighted by Gasteiger charge is 2.09. The maximum absolute atomic E-state index is 11.6. The van der Waals surface area contributed by atoms with Crippen molar-refractivity contribution >= 4 is 11.4 Å². The summed E-state index contributed by atoms with van der Waals surface area (Å²) in [7, 11) is 1.78. The number of nitrogens with zero attached hydrogens (tertiary/aromatic N) is 1. The van der Waals surface area contributed by atoms with E-state index in [4.69, 9.17) is 0 Å². The molecule has 0 radical (unpaired) electrons. The van der Waals surface area contributed by atoms with Crippen molar-refractivity contribution in [2.45, 2.75) is 6.92 Å². The third-order valence-electron chi connectivity index (χ3n) is 2.64. The van der Waals surface area contributed by atoms with Gasteiger partial charge in [0.05, 0.1) is 0 Å². The third kappa shape index (κ3) is 2.13. The van der Waals surface area contributed by atoms with Crippen LogP contribution in [0, 0.1) is 6.92 Å². The molecule has 0 aliphatic heterocycles. The number of H-pyrrole nitrogens is 2. The molecule has 2 N–H and O–H groups in total. The van der Waals surface area contributed by atoms with Crippen molar-refractivity contribution in [2.75, 3.05) is 11.9 Å². The van der Waals surface area contributed by atoms with Gasteiger partial charge in [0.1, 0.15) is 5.69 Å². The molecule has 0 fully saturated rings. The molecule has 5 heteroatoms. The molecular weight excluding hydrogens is 218 g/mol. The summed E-state index contributed by atoms with van der Waals surface area (Å²) in [6, 6.07) is 7.72. The molecule has 1 aromatic carbocycles. The van der Waals surface area contributed by atoms with Gasteiger partial charge in [-0.1, -0.05) is 18.2 Å². The second kappa shape index (κ2) is 4.29. The van der Waals surface area contributed by atoms with Crippen LogP contribution < -0.4 is 16.1 Å². The van der Waals surface area contributed by atoms with Gasteiger partial charge in [-0.2, -0.15) is 0 Å². The fourth-order valence-electron chi connectivity index (χ4n) is 1.72. The second-order valence-corrected chi connectivity index (χ2v) is 3.80. The third-order valence-corrected chi connectivity index (χ3v) is 2.64. The molecule has 1 heterocycles. The number of hydrogen-bond donors (Lipinski definition) is 2. The number of benzene rings is 1. The van der Waals surface area contributed by atoms with Gasteiger partial charge >= 0.3 is 5.69 Å². The first-order chi connectivity index (χ1) is 8.09. The van der Waals surface area contributed by atoms with Crippen molar-refractivity contribution in [3.05, 3.63) is 56.9 Å². The summed E-state index contributed by atoms with van der Waals surface area (Å²) >= 11 is 0. The SMILES string of the molecule is Cc1ccccc1N(C)c1c[nH]c(=O)[nH]c1=O. The van der Waals surface area contributed by atoms with E-state index in [0.717, 1.165) is 11.3 Å². The monoisotopic (exact) mass is 231 g/mol. The van der Waals surface area contributed by atoms with E-state index in [2.05, 4.69) is 9.97 Å². The number of aryl methyl sites for hydroxylation is 1. The second-order valence-electron chi connectivity index (χ2n) is 3.80. The van der Waals surface area contributed by atoms with Crippen molar-refractivity contribution in [2.24, 2.45) is 0 Å². The lowest BCUT2D eigenvalue weighted by molar-refractivity contribution is 1.01. The Morgan fingerprint density at radius 3 is 2.47 bits per heavy atom. The van der Waals surface area contributed by atoms with Crippen molar-refractivity contribution in [1.29, 1.82) is 0 Å².